The average Bonchev–Trinajstić information content (AvgIpc) is 2.61. The lowest BCUT2D eigenvalue weighted by Crippen LogP contribution is -2.30. The number of nitrogens with one attached hydrogen (secondary N) is 1. The Morgan fingerprint density at radius 3 is 2.76 bits per heavy atom. The van der Waals surface area contributed by atoms with E-state index in [1.165, 1.54) is 12.0 Å². The quantitative estimate of drug-likeness (QED) is 0.841. The Balaban J connectivity index is 2.31. The molecule has 1 aliphatic rings. The fourth-order valence-electron chi connectivity index (χ4n) is 2.19. The van der Waals surface area contributed by atoms with Gasteiger partial charge in [-0.3, -0.25) is 0 Å². The second kappa shape index (κ2) is 5.45. The van der Waals surface area contributed by atoms with Crippen molar-refractivity contribution in [3.63, 3.8) is 0 Å². The van der Waals surface area contributed by atoms with Gasteiger partial charge in [-0.2, -0.15) is 0 Å². The van der Waals surface area contributed by atoms with Gasteiger partial charge in [0.1, 0.15) is 11.6 Å². The molecule has 0 amide bonds. The van der Waals surface area contributed by atoms with Crippen LogP contribution < -0.4 is 10.2 Å². The zero-order valence-electron chi connectivity index (χ0n) is 11.1. The van der Waals surface area contributed by atoms with Crippen molar-refractivity contribution in [1.29, 1.82) is 0 Å². The molecule has 1 aromatic rings. The molecule has 1 aliphatic heterocycles. The predicted molar refractivity (Wildman–Crippen MR) is 70.6 cm³/mol. The number of hydrogen-bond acceptors (Lipinski definition) is 4. The van der Waals surface area contributed by atoms with E-state index in [1.807, 2.05) is 0 Å². The standard InChI is InChI=1S/C13H22N4/c1-4-12-15-11(3)10(2)13(16-12)17-8-5-6-14-7-9-17/h14H,4-9H2,1-3H3. The zero-order chi connectivity index (χ0) is 12.3. The summed E-state index contributed by atoms with van der Waals surface area (Å²) in [6.45, 7) is 10.6. The summed E-state index contributed by atoms with van der Waals surface area (Å²) in [5.41, 5.74) is 2.34. The van der Waals surface area contributed by atoms with E-state index in [9.17, 15) is 0 Å². The van der Waals surface area contributed by atoms with Gasteiger partial charge < -0.3 is 10.2 Å². The highest BCUT2D eigenvalue weighted by Crippen LogP contribution is 2.20. The molecule has 0 saturated carbocycles. The Hall–Kier alpha value is -1.16. The summed E-state index contributed by atoms with van der Waals surface area (Å²) in [6, 6.07) is 0. The monoisotopic (exact) mass is 234 g/mol. The average molecular weight is 234 g/mol. The Kier molecular flexibility index (Phi) is 3.94. The van der Waals surface area contributed by atoms with Crippen molar-refractivity contribution in [3.05, 3.63) is 17.1 Å². The number of rotatable bonds is 2. The molecular weight excluding hydrogens is 212 g/mol. The summed E-state index contributed by atoms with van der Waals surface area (Å²) in [6.07, 6.45) is 2.09. The lowest BCUT2D eigenvalue weighted by molar-refractivity contribution is 0.724. The molecule has 2 rings (SSSR count). The van der Waals surface area contributed by atoms with Crippen LogP contribution in [-0.4, -0.2) is 36.1 Å². The first-order valence-electron chi connectivity index (χ1n) is 6.52. The highest BCUT2D eigenvalue weighted by molar-refractivity contribution is 5.48. The number of anilines is 1. The lowest BCUT2D eigenvalue weighted by Gasteiger charge is -2.24. The maximum atomic E-state index is 4.70. The smallest absolute Gasteiger partial charge is 0.135 e. The van der Waals surface area contributed by atoms with Crippen molar-refractivity contribution >= 4 is 5.82 Å². The fraction of sp³-hybridized carbons (Fsp3) is 0.692. The van der Waals surface area contributed by atoms with Gasteiger partial charge in [-0.25, -0.2) is 9.97 Å². The minimum absolute atomic E-state index is 0.903. The molecule has 0 atom stereocenters. The summed E-state index contributed by atoms with van der Waals surface area (Å²) in [7, 11) is 0. The first kappa shape index (κ1) is 12.3. The van der Waals surface area contributed by atoms with E-state index in [-0.39, 0.29) is 0 Å². The fourth-order valence-corrected chi connectivity index (χ4v) is 2.19. The van der Waals surface area contributed by atoms with Gasteiger partial charge in [-0.1, -0.05) is 6.92 Å². The summed E-state index contributed by atoms with van der Waals surface area (Å²) in [4.78, 5) is 11.6. The summed E-state index contributed by atoms with van der Waals surface area (Å²) < 4.78 is 0. The molecule has 0 aromatic carbocycles. The third kappa shape index (κ3) is 2.75. The van der Waals surface area contributed by atoms with Crippen molar-refractivity contribution < 1.29 is 0 Å². The molecule has 1 saturated heterocycles. The van der Waals surface area contributed by atoms with Gasteiger partial charge >= 0.3 is 0 Å². The van der Waals surface area contributed by atoms with Gasteiger partial charge in [0, 0.05) is 37.3 Å². The SMILES string of the molecule is CCc1nc(C)c(C)c(N2CCCNCC2)n1. The predicted octanol–water partition coefficient (Wildman–Crippen LogP) is 1.46. The van der Waals surface area contributed by atoms with Crippen molar-refractivity contribution in [1.82, 2.24) is 15.3 Å². The molecule has 0 aliphatic carbocycles. The highest BCUT2D eigenvalue weighted by Gasteiger charge is 2.15. The van der Waals surface area contributed by atoms with Crippen LogP contribution in [0.4, 0.5) is 5.82 Å². The van der Waals surface area contributed by atoms with E-state index >= 15 is 0 Å². The Morgan fingerprint density at radius 2 is 2.00 bits per heavy atom. The van der Waals surface area contributed by atoms with E-state index < -0.39 is 0 Å². The van der Waals surface area contributed by atoms with E-state index in [0.717, 1.165) is 49.9 Å². The second-order valence-electron chi connectivity index (χ2n) is 4.62. The van der Waals surface area contributed by atoms with Crippen LogP contribution in [0.15, 0.2) is 0 Å². The molecule has 0 unspecified atom stereocenters. The van der Waals surface area contributed by atoms with Crippen molar-refractivity contribution in [3.8, 4) is 0 Å². The molecule has 2 heterocycles. The number of aromatic nitrogens is 2. The number of hydrogen-bond donors (Lipinski definition) is 1. The molecular formula is C13H22N4. The van der Waals surface area contributed by atoms with Crippen LogP contribution in [-0.2, 0) is 6.42 Å². The minimum atomic E-state index is 0.903. The van der Waals surface area contributed by atoms with E-state index in [0.29, 0.717) is 0 Å². The molecule has 1 fully saturated rings. The topological polar surface area (TPSA) is 41.1 Å². The van der Waals surface area contributed by atoms with Crippen LogP contribution in [0.3, 0.4) is 0 Å². The molecule has 17 heavy (non-hydrogen) atoms. The van der Waals surface area contributed by atoms with Gasteiger partial charge in [-0.05, 0) is 26.8 Å². The summed E-state index contributed by atoms with van der Waals surface area (Å²) in [5.74, 6) is 2.10. The van der Waals surface area contributed by atoms with Gasteiger partial charge in [0.15, 0.2) is 0 Å². The maximum absolute atomic E-state index is 4.70. The minimum Gasteiger partial charge on any atom is -0.355 e. The van der Waals surface area contributed by atoms with Crippen LogP contribution in [0.1, 0.15) is 30.4 Å². The Bertz CT molecular complexity index is 381. The van der Waals surface area contributed by atoms with Crippen LogP contribution in [0, 0.1) is 13.8 Å². The molecule has 0 radical (unpaired) electrons. The Morgan fingerprint density at radius 1 is 1.18 bits per heavy atom. The maximum Gasteiger partial charge on any atom is 0.135 e. The largest absolute Gasteiger partial charge is 0.355 e. The van der Waals surface area contributed by atoms with E-state index in [4.69, 9.17) is 4.98 Å². The molecule has 1 N–H and O–H groups in total. The summed E-state index contributed by atoms with van der Waals surface area (Å²) in [5, 5.41) is 3.42. The molecule has 0 spiro atoms. The van der Waals surface area contributed by atoms with Gasteiger partial charge in [0.2, 0.25) is 0 Å². The molecule has 94 valence electrons. The van der Waals surface area contributed by atoms with Crippen LogP contribution in [0.5, 0.6) is 0 Å². The first-order chi connectivity index (χ1) is 8.22. The van der Waals surface area contributed by atoms with E-state index in [1.54, 1.807) is 0 Å². The second-order valence-corrected chi connectivity index (χ2v) is 4.62. The molecule has 0 bridgehead atoms. The van der Waals surface area contributed by atoms with Gasteiger partial charge in [-0.15, -0.1) is 0 Å². The van der Waals surface area contributed by atoms with Crippen molar-refractivity contribution in [2.45, 2.75) is 33.6 Å². The van der Waals surface area contributed by atoms with E-state index in [2.05, 4.69) is 36.0 Å². The Labute approximate surface area is 103 Å². The molecule has 4 nitrogen and oxygen atoms in total. The molecule has 1 aromatic heterocycles. The third-order valence-electron chi connectivity index (χ3n) is 3.37. The normalized spacial score (nSPS) is 17.0. The van der Waals surface area contributed by atoms with Crippen molar-refractivity contribution in [2.75, 3.05) is 31.1 Å². The number of nitrogens with zero attached hydrogens (tertiary/aromatic N) is 3. The van der Waals surface area contributed by atoms with Crippen LogP contribution >= 0.6 is 0 Å². The van der Waals surface area contributed by atoms with Crippen LogP contribution in [0.25, 0.3) is 0 Å². The summed E-state index contributed by atoms with van der Waals surface area (Å²) >= 11 is 0. The third-order valence-corrected chi connectivity index (χ3v) is 3.37. The van der Waals surface area contributed by atoms with Gasteiger partial charge in [0.25, 0.3) is 0 Å². The molecule has 4 heteroatoms. The lowest BCUT2D eigenvalue weighted by atomic mass is 10.2. The van der Waals surface area contributed by atoms with Gasteiger partial charge in [0.05, 0.1) is 0 Å². The van der Waals surface area contributed by atoms with Crippen LogP contribution in [0.2, 0.25) is 0 Å². The highest BCUT2D eigenvalue weighted by atomic mass is 15.2. The number of aryl methyl sites for hydroxylation is 2. The zero-order valence-corrected chi connectivity index (χ0v) is 11.1. The van der Waals surface area contributed by atoms with Crippen molar-refractivity contribution in [2.24, 2.45) is 0 Å². The first-order valence-corrected chi connectivity index (χ1v) is 6.52.